The van der Waals surface area contributed by atoms with E-state index in [9.17, 15) is 8.78 Å². The Balaban J connectivity index is 2.55. The molecule has 0 saturated carbocycles. The number of rotatable bonds is 2. The first kappa shape index (κ1) is 12.7. The molecule has 2 N–H and O–H groups in total. The molecule has 5 heteroatoms. The zero-order chi connectivity index (χ0) is 12.6. The van der Waals surface area contributed by atoms with Crippen LogP contribution in [0.2, 0.25) is 0 Å². The molecule has 1 heterocycles. The van der Waals surface area contributed by atoms with Crippen LogP contribution in [0.5, 0.6) is 0 Å². The van der Waals surface area contributed by atoms with E-state index in [1.165, 1.54) is 23.5 Å². The highest BCUT2D eigenvalue weighted by molar-refractivity contribution is 9.10. The minimum Gasteiger partial charge on any atom is -0.319 e. The van der Waals surface area contributed by atoms with E-state index in [4.69, 9.17) is 5.73 Å². The maximum Gasteiger partial charge on any atom is 0.145 e. The molecule has 2 aromatic rings. The largest absolute Gasteiger partial charge is 0.319 e. The van der Waals surface area contributed by atoms with Crippen LogP contribution < -0.4 is 5.73 Å². The van der Waals surface area contributed by atoms with Crippen molar-refractivity contribution in [2.45, 2.75) is 13.0 Å². The van der Waals surface area contributed by atoms with Crippen molar-refractivity contribution in [3.05, 3.63) is 55.7 Å². The van der Waals surface area contributed by atoms with Crippen LogP contribution in [0.3, 0.4) is 0 Å². The summed E-state index contributed by atoms with van der Waals surface area (Å²) in [7, 11) is 0. The lowest BCUT2D eigenvalue weighted by Crippen LogP contribution is -2.15. The molecule has 1 nitrogen and oxygen atoms in total. The first-order valence-electron chi connectivity index (χ1n) is 4.95. The van der Waals surface area contributed by atoms with Gasteiger partial charge in [-0.1, -0.05) is 0 Å². The van der Waals surface area contributed by atoms with Gasteiger partial charge in [-0.3, -0.25) is 0 Å². The second kappa shape index (κ2) is 4.84. The molecule has 1 atom stereocenters. The monoisotopic (exact) mass is 317 g/mol. The topological polar surface area (TPSA) is 26.0 Å². The smallest absolute Gasteiger partial charge is 0.145 e. The average Bonchev–Trinajstić information content (AvgIpc) is 2.70. The molecule has 0 saturated heterocycles. The van der Waals surface area contributed by atoms with Crippen LogP contribution in [-0.2, 0) is 0 Å². The Hall–Kier alpha value is -0.780. The van der Waals surface area contributed by atoms with E-state index >= 15 is 0 Å². The SMILES string of the molecule is Cc1ccsc1C(N)c1c(F)ccc(Br)c1F. The van der Waals surface area contributed by atoms with E-state index in [0.717, 1.165) is 10.4 Å². The van der Waals surface area contributed by atoms with Gasteiger partial charge in [0.1, 0.15) is 11.6 Å². The van der Waals surface area contributed by atoms with Crippen molar-refractivity contribution < 1.29 is 8.78 Å². The van der Waals surface area contributed by atoms with E-state index in [1.54, 1.807) is 0 Å². The molecule has 0 bridgehead atoms. The predicted octanol–water partition coefficient (Wildman–Crippen LogP) is 4.15. The van der Waals surface area contributed by atoms with Crippen molar-refractivity contribution in [3.63, 3.8) is 0 Å². The van der Waals surface area contributed by atoms with Crippen LogP contribution in [0.4, 0.5) is 8.78 Å². The highest BCUT2D eigenvalue weighted by Crippen LogP contribution is 2.32. The van der Waals surface area contributed by atoms with Gasteiger partial charge in [-0.05, 0) is 52.0 Å². The zero-order valence-electron chi connectivity index (χ0n) is 9.01. The minimum atomic E-state index is -0.771. The van der Waals surface area contributed by atoms with Gasteiger partial charge in [0, 0.05) is 10.4 Å². The van der Waals surface area contributed by atoms with E-state index in [2.05, 4.69) is 15.9 Å². The summed E-state index contributed by atoms with van der Waals surface area (Å²) in [6, 6.07) is 3.66. The fraction of sp³-hybridized carbons (Fsp3) is 0.167. The molecular formula is C12H10BrF2NS. The molecule has 0 spiro atoms. The minimum absolute atomic E-state index is 0.0927. The van der Waals surface area contributed by atoms with Crippen LogP contribution in [0.25, 0.3) is 0 Å². The molecule has 90 valence electrons. The summed E-state index contributed by atoms with van der Waals surface area (Å²) in [5.74, 6) is -1.25. The summed E-state index contributed by atoms with van der Waals surface area (Å²) in [6.07, 6.45) is 0. The van der Waals surface area contributed by atoms with Crippen molar-refractivity contribution in [1.82, 2.24) is 0 Å². The number of halogens is 3. The first-order valence-corrected chi connectivity index (χ1v) is 6.62. The third-order valence-electron chi connectivity index (χ3n) is 2.57. The molecule has 0 aliphatic rings. The third-order valence-corrected chi connectivity index (χ3v) is 4.29. The Bertz CT molecular complexity index is 553. The Morgan fingerprint density at radius 2 is 2.00 bits per heavy atom. The van der Waals surface area contributed by atoms with Gasteiger partial charge in [0.2, 0.25) is 0 Å². The zero-order valence-corrected chi connectivity index (χ0v) is 11.4. The fourth-order valence-corrected chi connectivity index (χ4v) is 2.94. The summed E-state index contributed by atoms with van der Waals surface area (Å²) >= 11 is 4.44. The van der Waals surface area contributed by atoms with Gasteiger partial charge >= 0.3 is 0 Å². The maximum atomic E-state index is 13.9. The molecule has 1 aromatic carbocycles. The average molecular weight is 318 g/mol. The van der Waals surface area contributed by atoms with Gasteiger partial charge in [0.15, 0.2) is 0 Å². The van der Waals surface area contributed by atoms with Gasteiger partial charge in [-0.2, -0.15) is 0 Å². The van der Waals surface area contributed by atoms with Crippen molar-refractivity contribution in [2.24, 2.45) is 5.73 Å². The van der Waals surface area contributed by atoms with Gasteiger partial charge < -0.3 is 5.73 Å². The van der Waals surface area contributed by atoms with Crippen LogP contribution >= 0.6 is 27.3 Å². The molecule has 17 heavy (non-hydrogen) atoms. The lowest BCUT2D eigenvalue weighted by Gasteiger charge is -2.14. The van der Waals surface area contributed by atoms with Crippen molar-refractivity contribution in [3.8, 4) is 0 Å². The van der Waals surface area contributed by atoms with Crippen LogP contribution in [-0.4, -0.2) is 0 Å². The number of hydrogen-bond acceptors (Lipinski definition) is 2. The molecule has 0 aliphatic carbocycles. The van der Waals surface area contributed by atoms with E-state index in [-0.39, 0.29) is 10.0 Å². The standard InChI is InChI=1S/C12H10BrF2NS/c1-6-4-5-17-12(6)11(16)9-8(14)3-2-7(13)10(9)15/h2-5,11H,16H2,1H3. The van der Waals surface area contributed by atoms with Crippen molar-refractivity contribution in [1.29, 1.82) is 0 Å². The maximum absolute atomic E-state index is 13.9. The Morgan fingerprint density at radius 3 is 2.59 bits per heavy atom. The molecule has 1 aromatic heterocycles. The predicted molar refractivity (Wildman–Crippen MR) is 69.1 cm³/mol. The number of benzene rings is 1. The highest BCUT2D eigenvalue weighted by atomic mass is 79.9. The van der Waals surface area contributed by atoms with E-state index in [0.29, 0.717) is 0 Å². The number of hydrogen-bond donors (Lipinski definition) is 1. The van der Waals surface area contributed by atoms with E-state index < -0.39 is 17.7 Å². The second-order valence-electron chi connectivity index (χ2n) is 3.70. The molecular weight excluding hydrogens is 308 g/mol. The lowest BCUT2D eigenvalue weighted by atomic mass is 10.0. The summed E-state index contributed by atoms with van der Waals surface area (Å²) in [5, 5.41) is 1.86. The lowest BCUT2D eigenvalue weighted by molar-refractivity contribution is 0.540. The Kier molecular flexibility index (Phi) is 3.61. The number of nitrogens with two attached hydrogens (primary N) is 1. The second-order valence-corrected chi connectivity index (χ2v) is 5.50. The first-order chi connectivity index (χ1) is 8.02. The van der Waals surface area contributed by atoms with Gasteiger partial charge in [0.05, 0.1) is 10.5 Å². The van der Waals surface area contributed by atoms with Crippen LogP contribution in [0.15, 0.2) is 28.1 Å². The van der Waals surface area contributed by atoms with Crippen LogP contribution in [0, 0.1) is 18.6 Å². The van der Waals surface area contributed by atoms with Crippen molar-refractivity contribution >= 4 is 27.3 Å². The normalized spacial score (nSPS) is 12.8. The van der Waals surface area contributed by atoms with Crippen molar-refractivity contribution in [2.75, 3.05) is 0 Å². The van der Waals surface area contributed by atoms with E-state index in [1.807, 2.05) is 18.4 Å². The van der Waals surface area contributed by atoms with Gasteiger partial charge in [-0.15, -0.1) is 11.3 Å². The summed E-state index contributed by atoms with van der Waals surface area (Å²) < 4.78 is 27.8. The number of aryl methyl sites for hydroxylation is 1. The molecule has 1 unspecified atom stereocenters. The Labute approximate surface area is 110 Å². The summed E-state index contributed by atoms with van der Waals surface area (Å²) in [4.78, 5) is 0.779. The summed E-state index contributed by atoms with van der Waals surface area (Å²) in [6.45, 7) is 1.87. The molecule has 0 amide bonds. The molecule has 0 fully saturated rings. The molecule has 2 rings (SSSR count). The van der Waals surface area contributed by atoms with Gasteiger partial charge in [-0.25, -0.2) is 8.78 Å². The molecule has 0 radical (unpaired) electrons. The quantitative estimate of drug-likeness (QED) is 0.827. The fourth-order valence-electron chi connectivity index (χ4n) is 1.66. The summed E-state index contributed by atoms with van der Waals surface area (Å²) in [5.41, 5.74) is 6.79. The Morgan fingerprint density at radius 1 is 1.29 bits per heavy atom. The number of thiophene rings is 1. The van der Waals surface area contributed by atoms with Crippen LogP contribution in [0.1, 0.15) is 22.0 Å². The molecule has 0 aliphatic heterocycles. The van der Waals surface area contributed by atoms with Gasteiger partial charge in [0.25, 0.3) is 0 Å². The highest BCUT2D eigenvalue weighted by Gasteiger charge is 2.22. The third kappa shape index (κ3) is 2.27.